The summed E-state index contributed by atoms with van der Waals surface area (Å²) < 4.78 is 17.5. The van der Waals surface area contributed by atoms with Crippen molar-refractivity contribution in [2.24, 2.45) is 0 Å². The molecule has 0 aliphatic rings. The molecule has 0 radical (unpaired) electrons. The van der Waals surface area contributed by atoms with Gasteiger partial charge in [0.2, 0.25) is 0 Å². The van der Waals surface area contributed by atoms with Crippen LogP contribution in [0.5, 0.6) is 6.01 Å². The van der Waals surface area contributed by atoms with Crippen LogP contribution in [0, 0.1) is 5.82 Å². The average molecular weight is 199 g/mol. The highest BCUT2D eigenvalue weighted by Crippen LogP contribution is 1.99. The van der Waals surface area contributed by atoms with Crippen molar-refractivity contribution in [3.63, 3.8) is 0 Å². The van der Waals surface area contributed by atoms with Gasteiger partial charge < -0.3 is 10.1 Å². The van der Waals surface area contributed by atoms with E-state index in [-0.39, 0.29) is 6.01 Å². The van der Waals surface area contributed by atoms with Crippen LogP contribution >= 0.6 is 0 Å². The van der Waals surface area contributed by atoms with Gasteiger partial charge in [0.1, 0.15) is 6.61 Å². The Morgan fingerprint density at radius 2 is 2.07 bits per heavy atom. The standard InChI is InChI=1S/C9H14FN3O/c1-7(2)11-3-4-14-9-12-5-8(10)6-13-9/h5-7,11H,3-4H2,1-2H3. The fourth-order valence-electron chi connectivity index (χ4n) is 0.865. The van der Waals surface area contributed by atoms with Crippen LogP contribution in [-0.4, -0.2) is 29.2 Å². The summed E-state index contributed by atoms with van der Waals surface area (Å²) in [5.74, 6) is -0.461. The molecular weight excluding hydrogens is 185 g/mol. The summed E-state index contributed by atoms with van der Waals surface area (Å²) in [5.41, 5.74) is 0. The van der Waals surface area contributed by atoms with Crippen LogP contribution in [0.25, 0.3) is 0 Å². The van der Waals surface area contributed by atoms with Gasteiger partial charge in [-0.25, -0.2) is 14.4 Å². The molecule has 14 heavy (non-hydrogen) atoms. The molecule has 1 N–H and O–H groups in total. The van der Waals surface area contributed by atoms with E-state index in [0.29, 0.717) is 12.6 Å². The van der Waals surface area contributed by atoms with Crippen LogP contribution in [0.1, 0.15) is 13.8 Å². The smallest absolute Gasteiger partial charge is 0.316 e. The van der Waals surface area contributed by atoms with Crippen molar-refractivity contribution in [3.8, 4) is 6.01 Å². The van der Waals surface area contributed by atoms with Gasteiger partial charge in [0.05, 0.1) is 12.4 Å². The SMILES string of the molecule is CC(C)NCCOc1ncc(F)cn1. The third kappa shape index (κ3) is 4.13. The zero-order chi connectivity index (χ0) is 10.4. The third-order valence-corrected chi connectivity index (χ3v) is 1.48. The summed E-state index contributed by atoms with van der Waals surface area (Å²) in [4.78, 5) is 7.32. The van der Waals surface area contributed by atoms with Crippen LogP contribution in [0.15, 0.2) is 12.4 Å². The fourth-order valence-corrected chi connectivity index (χ4v) is 0.865. The van der Waals surface area contributed by atoms with E-state index in [1.54, 1.807) is 0 Å². The maximum Gasteiger partial charge on any atom is 0.316 e. The maximum atomic E-state index is 12.4. The first-order valence-electron chi connectivity index (χ1n) is 4.52. The van der Waals surface area contributed by atoms with Crippen molar-refractivity contribution in [2.45, 2.75) is 19.9 Å². The Labute approximate surface area is 82.5 Å². The number of hydrogen-bond acceptors (Lipinski definition) is 4. The minimum atomic E-state index is -0.461. The predicted molar refractivity (Wildman–Crippen MR) is 50.6 cm³/mol. The average Bonchev–Trinajstić information content (AvgIpc) is 2.15. The maximum absolute atomic E-state index is 12.4. The van der Waals surface area contributed by atoms with Gasteiger partial charge in [0.15, 0.2) is 5.82 Å². The normalized spacial score (nSPS) is 10.6. The van der Waals surface area contributed by atoms with Gasteiger partial charge in [-0.2, -0.15) is 0 Å². The van der Waals surface area contributed by atoms with Gasteiger partial charge >= 0.3 is 6.01 Å². The van der Waals surface area contributed by atoms with Crippen molar-refractivity contribution in [2.75, 3.05) is 13.2 Å². The van der Waals surface area contributed by atoms with E-state index in [4.69, 9.17) is 4.74 Å². The molecule has 0 aliphatic heterocycles. The number of nitrogens with zero attached hydrogens (tertiary/aromatic N) is 2. The molecule has 1 heterocycles. The number of halogens is 1. The number of hydrogen-bond donors (Lipinski definition) is 1. The molecule has 0 saturated carbocycles. The second-order valence-corrected chi connectivity index (χ2v) is 3.14. The van der Waals surface area contributed by atoms with E-state index in [9.17, 15) is 4.39 Å². The Bertz CT molecular complexity index is 263. The summed E-state index contributed by atoms with van der Waals surface area (Å²) in [6, 6.07) is 0.629. The molecule has 0 atom stereocenters. The predicted octanol–water partition coefficient (Wildman–Crippen LogP) is 0.992. The summed E-state index contributed by atoms with van der Waals surface area (Å²) in [6.45, 7) is 5.30. The Morgan fingerprint density at radius 3 is 2.64 bits per heavy atom. The first-order valence-corrected chi connectivity index (χ1v) is 4.52. The van der Waals surface area contributed by atoms with Gasteiger partial charge in [-0.3, -0.25) is 0 Å². The molecule has 0 bridgehead atoms. The topological polar surface area (TPSA) is 47.0 Å². The molecule has 78 valence electrons. The molecule has 0 spiro atoms. The second kappa shape index (κ2) is 5.49. The van der Waals surface area contributed by atoms with E-state index in [0.717, 1.165) is 18.9 Å². The highest BCUT2D eigenvalue weighted by Gasteiger charge is 1.97. The first-order chi connectivity index (χ1) is 6.68. The van der Waals surface area contributed by atoms with E-state index in [1.807, 2.05) is 13.8 Å². The quantitative estimate of drug-likeness (QED) is 0.718. The van der Waals surface area contributed by atoms with E-state index < -0.39 is 5.82 Å². The number of rotatable bonds is 5. The van der Waals surface area contributed by atoms with E-state index in [2.05, 4.69) is 15.3 Å². The Balaban J connectivity index is 2.21. The molecule has 0 saturated heterocycles. The summed E-state index contributed by atoms with van der Waals surface area (Å²) in [6.07, 6.45) is 2.16. The van der Waals surface area contributed by atoms with Crippen molar-refractivity contribution in [1.29, 1.82) is 0 Å². The molecule has 0 aromatic carbocycles. The van der Waals surface area contributed by atoms with Gasteiger partial charge in [-0.15, -0.1) is 0 Å². The van der Waals surface area contributed by atoms with Crippen LogP contribution < -0.4 is 10.1 Å². The molecule has 1 rings (SSSR count). The Hall–Kier alpha value is -1.23. The lowest BCUT2D eigenvalue weighted by Gasteiger charge is -2.07. The van der Waals surface area contributed by atoms with Crippen LogP contribution in [0.3, 0.4) is 0 Å². The van der Waals surface area contributed by atoms with Crippen molar-refractivity contribution in [3.05, 3.63) is 18.2 Å². The van der Waals surface area contributed by atoms with Crippen molar-refractivity contribution in [1.82, 2.24) is 15.3 Å². The lowest BCUT2D eigenvalue weighted by atomic mass is 10.4. The Kier molecular flexibility index (Phi) is 4.25. The number of nitrogens with one attached hydrogen (secondary N) is 1. The second-order valence-electron chi connectivity index (χ2n) is 3.14. The Morgan fingerprint density at radius 1 is 1.43 bits per heavy atom. The van der Waals surface area contributed by atoms with Crippen LogP contribution in [-0.2, 0) is 0 Å². The summed E-state index contributed by atoms with van der Waals surface area (Å²) in [7, 11) is 0. The van der Waals surface area contributed by atoms with Gasteiger partial charge in [-0.1, -0.05) is 13.8 Å². The van der Waals surface area contributed by atoms with Gasteiger partial charge in [0.25, 0.3) is 0 Å². The number of aromatic nitrogens is 2. The molecular formula is C9H14FN3O. The largest absolute Gasteiger partial charge is 0.462 e. The van der Waals surface area contributed by atoms with Crippen LogP contribution in [0.4, 0.5) is 4.39 Å². The molecule has 5 heteroatoms. The molecule has 0 unspecified atom stereocenters. The minimum absolute atomic E-state index is 0.206. The van der Waals surface area contributed by atoms with Gasteiger partial charge in [-0.05, 0) is 0 Å². The molecule has 1 aromatic rings. The monoisotopic (exact) mass is 199 g/mol. The summed E-state index contributed by atoms with van der Waals surface area (Å²) >= 11 is 0. The lowest BCUT2D eigenvalue weighted by Crippen LogP contribution is -2.27. The fraction of sp³-hybridized carbons (Fsp3) is 0.556. The minimum Gasteiger partial charge on any atom is -0.462 e. The molecule has 4 nitrogen and oxygen atoms in total. The highest BCUT2D eigenvalue weighted by molar-refractivity contribution is 4.95. The first kappa shape index (κ1) is 10.8. The molecule has 0 amide bonds. The van der Waals surface area contributed by atoms with Gasteiger partial charge in [0, 0.05) is 12.6 Å². The van der Waals surface area contributed by atoms with Crippen molar-refractivity contribution >= 4 is 0 Å². The lowest BCUT2D eigenvalue weighted by molar-refractivity contribution is 0.284. The summed E-state index contributed by atoms with van der Waals surface area (Å²) in [5, 5.41) is 3.17. The van der Waals surface area contributed by atoms with Crippen molar-refractivity contribution < 1.29 is 9.13 Å². The molecule has 1 aromatic heterocycles. The third-order valence-electron chi connectivity index (χ3n) is 1.48. The highest BCUT2D eigenvalue weighted by atomic mass is 19.1. The molecule has 0 fully saturated rings. The zero-order valence-corrected chi connectivity index (χ0v) is 8.33. The van der Waals surface area contributed by atoms with Crippen LogP contribution in [0.2, 0.25) is 0 Å². The van der Waals surface area contributed by atoms with E-state index >= 15 is 0 Å². The number of ether oxygens (including phenoxy) is 1. The van der Waals surface area contributed by atoms with E-state index in [1.165, 1.54) is 0 Å². The zero-order valence-electron chi connectivity index (χ0n) is 8.33. The molecule has 0 aliphatic carbocycles.